The van der Waals surface area contributed by atoms with Crippen molar-refractivity contribution < 1.29 is 9.90 Å². The lowest BCUT2D eigenvalue weighted by molar-refractivity contribution is 0.0951. The highest BCUT2D eigenvalue weighted by Gasteiger charge is 2.13. The van der Waals surface area contributed by atoms with E-state index in [1.165, 1.54) is 17.7 Å². The predicted molar refractivity (Wildman–Crippen MR) is 110 cm³/mol. The van der Waals surface area contributed by atoms with E-state index in [1.807, 2.05) is 54.7 Å². The lowest BCUT2D eigenvalue weighted by Crippen LogP contribution is -2.23. The molecule has 0 saturated heterocycles. The number of aliphatic hydroxyl groups is 1. The zero-order valence-electron chi connectivity index (χ0n) is 16.0. The summed E-state index contributed by atoms with van der Waals surface area (Å²) >= 11 is 0. The molecule has 1 amide bonds. The van der Waals surface area contributed by atoms with Gasteiger partial charge in [0.15, 0.2) is 0 Å². The molecule has 1 atom stereocenters. The molecule has 0 fully saturated rings. The number of pyridine rings is 1. The minimum atomic E-state index is -0.486. The quantitative estimate of drug-likeness (QED) is 0.705. The average Bonchev–Trinajstić information content (AvgIpc) is 3.20. The van der Waals surface area contributed by atoms with E-state index in [9.17, 15) is 9.90 Å². The van der Waals surface area contributed by atoms with Crippen LogP contribution in [0.2, 0.25) is 0 Å². The van der Waals surface area contributed by atoms with E-state index in [4.69, 9.17) is 0 Å². The molecule has 4 rings (SSSR count). The van der Waals surface area contributed by atoms with Crippen LogP contribution in [-0.2, 0) is 19.4 Å². The van der Waals surface area contributed by atoms with Gasteiger partial charge in [0.05, 0.1) is 6.10 Å². The smallest absolute Gasteiger partial charge is 0.251 e. The van der Waals surface area contributed by atoms with E-state index in [0.29, 0.717) is 12.1 Å². The van der Waals surface area contributed by atoms with Crippen LogP contribution in [0.4, 0.5) is 0 Å². The summed E-state index contributed by atoms with van der Waals surface area (Å²) in [5.74, 6) is -0.0945. The Morgan fingerprint density at radius 1 is 1.11 bits per heavy atom. The first-order chi connectivity index (χ1) is 13.6. The first kappa shape index (κ1) is 18.4. The van der Waals surface area contributed by atoms with Gasteiger partial charge >= 0.3 is 0 Å². The van der Waals surface area contributed by atoms with Gasteiger partial charge in [0.2, 0.25) is 0 Å². The second-order valence-electron chi connectivity index (χ2n) is 7.36. The van der Waals surface area contributed by atoms with Crippen LogP contribution < -0.4 is 5.32 Å². The number of amides is 1. The van der Waals surface area contributed by atoms with Gasteiger partial charge in [-0.1, -0.05) is 42.5 Å². The number of benzene rings is 2. The zero-order valence-corrected chi connectivity index (χ0v) is 16.0. The molecule has 1 aromatic heterocycles. The molecule has 2 aromatic carbocycles. The molecule has 1 heterocycles. The second-order valence-corrected chi connectivity index (χ2v) is 7.36. The number of carbonyl (C=O) groups is 1. The maximum atomic E-state index is 12.6. The lowest BCUT2D eigenvalue weighted by atomic mass is 10.0. The molecule has 1 aliphatic carbocycles. The average molecular weight is 372 g/mol. The predicted octanol–water partition coefficient (Wildman–Crippen LogP) is 4.22. The van der Waals surface area contributed by atoms with E-state index in [1.54, 1.807) is 6.92 Å². The molecule has 2 N–H and O–H groups in total. The monoisotopic (exact) mass is 372 g/mol. The molecule has 3 aromatic rings. The number of aryl methyl sites for hydroxylation is 2. The van der Waals surface area contributed by atoms with Crippen molar-refractivity contribution in [2.45, 2.75) is 38.8 Å². The van der Waals surface area contributed by atoms with Crippen LogP contribution in [0.5, 0.6) is 0 Å². The molecule has 0 bridgehead atoms. The molecule has 0 spiro atoms. The van der Waals surface area contributed by atoms with Crippen molar-refractivity contribution in [1.82, 2.24) is 10.3 Å². The van der Waals surface area contributed by atoms with Crippen molar-refractivity contribution >= 4 is 5.91 Å². The maximum absolute atomic E-state index is 12.6. The minimum absolute atomic E-state index is 0.0945. The van der Waals surface area contributed by atoms with E-state index >= 15 is 0 Å². The van der Waals surface area contributed by atoms with Crippen molar-refractivity contribution in [3.63, 3.8) is 0 Å². The fourth-order valence-electron chi connectivity index (χ4n) is 3.65. The standard InChI is InChI=1S/C24H24N2O2/c1-16(27)18-8-10-19(11-9-18)20-4-2-6-22(13-20)24(28)26-15-17-12-21-5-3-7-23(21)25-14-17/h2,4,6,8-14,16,27H,3,5,7,15H2,1H3,(H,26,28). The summed E-state index contributed by atoms with van der Waals surface area (Å²) in [6.45, 7) is 2.23. The molecule has 1 aliphatic rings. The summed E-state index contributed by atoms with van der Waals surface area (Å²) in [4.78, 5) is 17.1. The largest absolute Gasteiger partial charge is 0.389 e. The van der Waals surface area contributed by atoms with Gasteiger partial charge in [-0.2, -0.15) is 0 Å². The van der Waals surface area contributed by atoms with Crippen molar-refractivity contribution in [3.8, 4) is 11.1 Å². The Bertz CT molecular complexity index is 994. The van der Waals surface area contributed by atoms with Gasteiger partial charge in [0.25, 0.3) is 5.91 Å². The van der Waals surface area contributed by atoms with Crippen molar-refractivity contribution in [2.75, 3.05) is 0 Å². The molecule has 28 heavy (non-hydrogen) atoms. The molecular weight excluding hydrogens is 348 g/mol. The molecular formula is C24H24N2O2. The van der Waals surface area contributed by atoms with E-state index < -0.39 is 6.10 Å². The van der Waals surface area contributed by atoms with Crippen LogP contribution >= 0.6 is 0 Å². The van der Waals surface area contributed by atoms with Crippen molar-refractivity contribution in [1.29, 1.82) is 0 Å². The number of aliphatic hydroxyl groups excluding tert-OH is 1. The van der Waals surface area contributed by atoms with Crippen LogP contribution in [-0.4, -0.2) is 16.0 Å². The summed E-state index contributed by atoms with van der Waals surface area (Å²) in [6.07, 6.45) is 4.69. The van der Waals surface area contributed by atoms with Crippen LogP contribution in [0.3, 0.4) is 0 Å². The normalized spacial score (nSPS) is 13.8. The Morgan fingerprint density at radius 2 is 1.93 bits per heavy atom. The molecule has 0 aliphatic heterocycles. The number of nitrogens with zero attached hydrogens (tertiary/aromatic N) is 1. The highest BCUT2D eigenvalue weighted by atomic mass is 16.3. The molecule has 0 radical (unpaired) electrons. The Hall–Kier alpha value is -2.98. The summed E-state index contributed by atoms with van der Waals surface area (Å²) in [5, 5.41) is 12.6. The fourth-order valence-corrected chi connectivity index (χ4v) is 3.65. The van der Waals surface area contributed by atoms with Crippen molar-refractivity contribution in [2.24, 2.45) is 0 Å². The fraction of sp³-hybridized carbons (Fsp3) is 0.250. The third-order valence-corrected chi connectivity index (χ3v) is 5.28. The number of carbonyl (C=O) groups excluding carboxylic acids is 1. The summed E-state index contributed by atoms with van der Waals surface area (Å²) in [5.41, 5.74) is 7.05. The Balaban J connectivity index is 1.45. The van der Waals surface area contributed by atoms with E-state index in [2.05, 4.69) is 16.4 Å². The second kappa shape index (κ2) is 7.95. The highest BCUT2D eigenvalue weighted by molar-refractivity contribution is 5.95. The summed E-state index contributed by atoms with van der Waals surface area (Å²) in [6, 6.07) is 17.5. The Kier molecular flexibility index (Phi) is 5.22. The van der Waals surface area contributed by atoms with Gasteiger partial charge in [-0.05, 0) is 66.1 Å². The number of fused-ring (bicyclic) bond motifs is 1. The topological polar surface area (TPSA) is 62.2 Å². The first-order valence-corrected chi connectivity index (χ1v) is 9.73. The number of aromatic nitrogens is 1. The lowest BCUT2D eigenvalue weighted by Gasteiger charge is -2.09. The molecule has 0 saturated carbocycles. The van der Waals surface area contributed by atoms with E-state index in [0.717, 1.165) is 35.1 Å². The van der Waals surface area contributed by atoms with Gasteiger partial charge in [-0.15, -0.1) is 0 Å². The van der Waals surface area contributed by atoms with Crippen LogP contribution in [0.15, 0.2) is 60.8 Å². The van der Waals surface area contributed by atoms with Gasteiger partial charge in [0.1, 0.15) is 0 Å². The van der Waals surface area contributed by atoms with E-state index in [-0.39, 0.29) is 5.91 Å². The number of hydrogen-bond acceptors (Lipinski definition) is 3. The molecule has 142 valence electrons. The summed E-state index contributed by atoms with van der Waals surface area (Å²) in [7, 11) is 0. The van der Waals surface area contributed by atoms with Gasteiger partial charge in [0, 0.05) is 24.0 Å². The molecule has 1 unspecified atom stereocenters. The highest BCUT2D eigenvalue weighted by Crippen LogP contribution is 2.23. The van der Waals surface area contributed by atoms with Gasteiger partial charge in [-0.3, -0.25) is 9.78 Å². The zero-order chi connectivity index (χ0) is 19.5. The van der Waals surface area contributed by atoms with Crippen LogP contribution in [0, 0.1) is 0 Å². The number of hydrogen-bond donors (Lipinski definition) is 2. The molecule has 4 nitrogen and oxygen atoms in total. The van der Waals surface area contributed by atoms with Crippen LogP contribution in [0.1, 0.15) is 52.2 Å². The SMILES string of the molecule is CC(O)c1ccc(-c2cccc(C(=O)NCc3cnc4c(c3)CCC4)c2)cc1. The Morgan fingerprint density at radius 3 is 2.71 bits per heavy atom. The van der Waals surface area contributed by atoms with Crippen molar-refractivity contribution in [3.05, 3.63) is 88.7 Å². The number of rotatable bonds is 5. The van der Waals surface area contributed by atoms with Gasteiger partial charge in [-0.25, -0.2) is 0 Å². The maximum Gasteiger partial charge on any atom is 0.251 e. The summed E-state index contributed by atoms with van der Waals surface area (Å²) < 4.78 is 0. The third kappa shape index (κ3) is 3.97. The third-order valence-electron chi connectivity index (χ3n) is 5.28. The first-order valence-electron chi connectivity index (χ1n) is 9.73. The van der Waals surface area contributed by atoms with Crippen LogP contribution in [0.25, 0.3) is 11.1 Å². The minimum Gasteiger partial charge on any atom is -0.389 e. The molecule has 4 heteroatoms. The van der Waals surface area contributed by atoms with Gasteiger partial charge < -0.3 is 10.4 Å². The Labute approximate surface area is 165 Å². The number of nitrogens with one attached hydrogen (secondary N) is 1.